The minimum absolute atomic E-state index is 0.297. The number of aromatic nitrogens is 2. The van der Waals surface area contributed by atoms with Crippen molar-refractivity contribution in [3.63, 3.8) is 0 Å². The average Bonchev–Trinajstić information content (AvgIpc) is 2.38. The number of hydrogen-bond acceptors (Lipinski definition) is 4. The molecular formula is C16H27N3O. The minimum Gasteiger partial charge on any atom is -0.367 e. The molecule has 1 aliphatic carbocycles. The van der Waals surface area contributed by atoms with Gasteiger partial charge in [0, 0.05) is 30.1 Å². The third kappa shape index (κ3) is 2.86. The van der Waals surface area contributed by atoms with Crippen LogP contribution in [0.4, 0.5) is 0 Å². The van der Waals surface area contributed by atoms with E-state index in [4.69, 9.17) is 20.4 Å². The molecule has 20 heavy (non-hydrogen) atoms. The van der Waals surface area contributed by atoms with Crippen LogP contribution in [0.3, 0.4) is 0 Å². The Hall–Kier alpha value is -1.00. The highest BCUT2D eigenvalue weighted by Crippen LogP contribution is 2.41. The molecule has 0 saturated heterocycles. The van der Waals surface area contributed by atoms with Crippen molar-refractivity contribution in [3.05, 3.63) is 22.8 Å². The Morgan fingerprint density at radius 1 is 1.30 bits per heavy atom. The largest absolute Gasteiger partial charge is 0.367 e. The fourth-order valence-electron chi connectivity index (χ4n) is 3.42. The molecule has 0 aliphatic heterocycles. The van der Waals surface area contributed by atoms with Crippen molar-refractivity contribution in [3.8, 4) is 0 Å². The molecule has 2 rings (SSSR count). The predicted octanol–water partition coefficient (Wildman–Crippen LogP) is 2.99. The fourth-order valence-corrected chi connectivity index (χ4v) is 3.42. The SMILES string of the molecule is CCOC1(c2nc(C)c(CN)c(C)n2)CCCC(C)C1. The summed E-state index contributed by atoms with van der Waals surface area (Å²) >= 11 is 0. The van der Waals surface area contributed by atoms with Crippen LogP contribution in [0.1, 0.15) is 62.3 Å². The number of aryl methyl sites for hydroxylation is 2. The van der Waals surface area contributed by atoms with Gasteiger partial charge in [0.15, 0.2) is 5.82 Å². The smallest absolute Gasteiger partial charge is 0.160 e. The molecule has 0 radical (unpaired) electrons. The molecule has 112 valence electrons. The van der Waals surface area contributed by atoms with Gasteiger partial charge in [0.05, 0.1) is 0 Å². The Balaban J connectivity index is 2.44. The van der Waals surface area contributed by atoms with Gasteiger partial charge in [0.1, 0.15) is 5.60 Å². The maximum absolute atomic E-state index is 6.15. The van der Waals surface area contributed by atoms with Gasteiger partial charge in [-0.1, -0.05) is 13.3 Å². The topological polar surface area (TPSA) is 61.0 Å². The van der Waals surface area contributed by atoms with Crippen molar-refractivity contribution >= 4 is 0 Å². The zero-order valence-electron chi connectivity index (χ0n) is 13.2. The van der Waals surface area contributed by atoms with Gasteiger partial charge in [-0.2, -0.15) is 0 Å². The average molecular weight is 277 g/mol. The Bertz CT molecular complexity index is 448. The maximum Gasteiger partial charge on any atom is 0.160 e. The highest BCUT2D eigenvalue weighted by molar-refractivity contribution is 5.25. The first-order valence-corrected chi connectivity index (χ1v) is 7.71. The fraction of sp³-hybridized carbons (Fsp3) is 0.750. The quantitative estimate of drug-likeness (QED) is 0.919. The zero-order chi connectivity index (χ0) is 14.8. The molecule has 0 amide bonds. The molecule has 1 aliphatic rings. The first-order chi connectivity index (χ1) is 9.52. The van der Waals surface area contributed by atoms with Crippen LogP contribution in [0.15, 0.2) is 0 Å². The third-order valence-electron chi connectivity index (χ3n) is 4.41. The number of hydrogen-bond donors (Lipinski definition) is 1. The Kier molecular flexibility index (Phi) is 4.76. The van der Waals surface area contributed by atoms with Crippen molar-refractivity contribution in [1.29, 1.82) is 0 Å². The Labute approximate surface area is 122 Å². The standard InChI is InChI=1S/C16H27N3O/c1-5-20-16(8-6-7-11(2)9-16)15-18-12(3)14(10-17)13(4)19-15/h11H,5-10,17H2,1-4H3. The van der Waals surface area contributed by atoms with Crippen LogP contribution >= 0.6 is 0 Å². The maximum atomic E-state index is 6.15. The molecule has 1 fully saturated rings. The van der Waals surface area contributed by atoms with Crippen LogP contribution < -0.4 is 5.73 Å². The van der Waals surface area contributed by atoms with Crippen molar-refractivity contribution in [2.45, 2.75) is 65.5 Å². The highest BCUT2D eigenvalue weighted by atomic mass is 16.5. The van der Waals surface area contributed by atoms with Crippen LogP contribution in [-0.4, -0.2) is 16.6 Å². The summed E-state index contributed by atoms with van der Waals surface area (Å²) in [5.74, 6) is 1.52. The number of nitrogens with zero attached hydrogens (tertiary/aromatic N) is 2. The number of nitrogens with two attached hydrogens (primary N) is 1. The molecule has 2 atom stereocenters. The second-order valence-electron chi connectivity index (χ2n) is 6.03. The predicted molar refractivity (Wildman–Crippen MR) is 80.3 cm³/mol. The van der Waals surface area contributed by atoms with Gasteiger partial charge < -0.3 is 10.5 Å². The van der Waals surface area contributed by atoms with Crippen LogP contribution in [0, 0.1) is 19.8 Å². The molecule has 1 heterocycles. The van der Waals surface area contributed by atoms with E-state index in [1.54, 1.807) is 0 Å². The summed E-state index contributed by atoms with van der Waals surface area (Å²) in [6.45, 7) is 9.58. The van der Waals surface area contributed by atoms with Gasteiger partial charge in [-0.05, 0) is 46.0 Å². The van der Waals surface area contributed by atoms with E-state index < -0.39 is 0 Å². The van der Waals surface area contributed by atoms with E-state index in [1.165, 1.54) is 12.8 Å². The molecule has 2 N–H and O–H groups in total. The number of ether oxygens (including phenoxy) is 1. The van der Waals surface area contributed by atoms with E-state index >= 15 is 0 Å². The molecule has 1 aromatic heterocycles. The van der Waals surface area contributed by atoms with Gasteiger partial charge in [0.25, 0.3) is 0 Å². The van der Waals surface area contributed by atoms with E-state index in [0.29, 0.717) is 19.1 Å². The molecule has 1 aromatic rings. The van der Waals surface area contributed by atoms with Crippen LogP contribution in [-0.2, 0) is 16.9 Å². The number of rotatable bonds is 4. The highest BCUT2D eigenvalue weighted by Gasteiger charge is 2.40. The molecule has 1 saturated carbocycles. The van der Waals surface area contributed by atoms with E-state index in [-0.39, 0.29) is 5.60 Å². The summed E-state index contributed by atoms with van der Waals surface area (Å²) in [7, 11) is 0. The van der Waals surface area contributed by atoms with E-state index in [0.717, 1.165) is 35.6 Å². The lowest BCUT2D eigenvalue weighted by Crippen LogP contribution is -2.37. The lowest BCUT2D eigenvalue weighted by atomic mass is 9.78. The van der Waals surface area contributed by atoms with E-state index in [9.17, 15) is 0 Å². The first kappa shape index (κ1) is 15.4. The summed E-state index contributed by atoms with van der Waals surface area (Å²) in [6.07, 6.45) is 4.49. The third-order valence-corrected chi connectivity index (χ3v) is 4.41. The van der Waals surface area contributed by atoms with E-state index in [1.807, 2.05) is 13.8 Å². The van der Waals surface area contributed by atoms with Crippen LogP contribution in [0.25, 0.3) is 0 Å². The van der Waals surface area contributed by atoms with Crippen LogP contribution in [0.2, 0.25) is 0 Å². The summed E-state index contributed by atoms with van der Waals surface area (Å²) in [5.41, 5.74) is 8.53. The van der Waals surface area contributed by atoms with Gasteiger partial charge >= 0.3 is 0 Å². The summed E-state index contributed by atoms with van der Waals surface area (Å²) < 4.78 is 6.15. The van der Waals surface area contributed by atoms with Crippen molar-refractivity contribution in [2.75, 3.05) is 6.61 Å². The van der Waals surface area contributed by atoms with Gasteiger partial charge in [-0.15, -0.1) is 0 Å². The van der Waals surface area contributed by atoms with Gasteiger partial charge in [0.2, 0.25) is 0 Å². The second-order valence-corrected chi connectivity index (χ2v) is 6.03. The lowest BCUT2D eigenvalue weighted by Gasteiger charge is -2.38. The van der Waals surface area contributed by atoms with E-state index in [2.05, 4.69) is 13.8 Å². The lowest BCUT2D eigenvalue weighted by molar-refractivity contribution is -0.0883. The van der Waals surface area contributed by atoms with Gasteiger partial charge in [-0.25, -0.2) is 9.97 Å². The van der Waals surface area contributed by atoms with Crippen molar-refractivity contribution in [2.24, 2.45) is 11.7 Å². The monoisotopic (exact) mass is 277 g/mol. The molecule has 4 heteroatoms. The Morgan fingerprint density at radius 3 is 2.45 bits per heavy atom. The Morgan fingerprint density at radius 2 is 1.95 bits per heavy atom. The first-order valence-electron chi connectivity index (χ1n) is 7.71. The molecule has 4 nitrogen and oxygen atoms in total. The van der Waals surface area contributed by atoms with Crippen molar-refractivity contribution < 1.29 is 4.74 Å². The summed E-state index contributed by atoms with van der Waals surface area (Å²) in [6, 6.07) is 0. The summed E-state index contributed by atoms with van der Waals surface area (Å²) in [5, 5.41) is 0. The molecule has 2 unspecified atom stereocenters. The zero-order valence-corrected chi connectivity index (χ0v) is 13.2. The second kappa shape index (κ2) is 6.19. The molecule has 0 bridgehead atoms. The molecular weight excluding hydrogens is 250 g/mol. The van der Waals surface area contributed by atoms with Crippen molar-refractivity contribution in [1.82, 2.24) is 9.97 Å². The normalized spacial score (nSPS) is 26.8. The summed E-state index contributed by atoms with van der Waals surface area (Å²) in [4.78, 5) is 9.48. The molecule has 0 aromatic carbocycles. The van der Waals surface area contributed by atoms with Gasteiger partial charge in [-0.3, -0.25) is 0 Å². The molecule has 0 spiro atoms. The van der Waals surface area contributed by atoms with Crippen LogP contribution in [0.5, 0.6) is 0 Å². The minimum atomic E-state index is -0.297.